The molecule has 8 heteroatoms. The van der Waals surface area contributed by atoms with Gasteiger partial charge in [-0.05, 0) is 31.9 Å². The highest BCUT2D eigenvalue weighted by Gasteiger charge is 2.36. The highest BCUT2D eigenvalue weighted by atomic mass is 35.5. The van der Waals surface area contributed by atoms with E-state index >= 15 is 0 Å². The van der Waals surface area contributed by atoms with Gasteiger partial charge in [-0.2, -0.15) is 4.31 Å². The van der Waals surface area contributed by atoms with Crippen LogP contribution in [0.15, 0.2) is 17.0 Å². The Morgan fingerprint density at radius 1 is 1.45 bits per heavy atom. The molecule has 0 aromatic heterocycles. The van der Waals surface area contributed by atoms with Gasteiger partial charge in [0.2, 0.25) is 10.0 Å². The zero-order valence-electron chi connectivity index (χ0n) is 12.3. The minimum atomic E-state index is -3.55. The molecule has 0 aliphatic carbocycles. The van der Waals surface area contributed by atoms with Crippen LogP contribution in [0.1, 0.15) is 25.3 Å². The van der Waals surface area contributed by atoms with Crippen molar-refractivity contribution in [2.75, 3.05) is 13.1 Å². The fourth-order valence-corrected chi connectivity index (χ4v) is 5.23. The molecule has 124 valence electrons. The number of benzene rings is 1. The lowest BCUT2D eigenvalue weighted by molar-refractivity contribution is 0.255. The first-order valence-electron chi connectivity index (χ1n) is 7.14. The highest BCUT2D eigenvalue weighted by molar-refractivity contribution is 7.89. The van der Waals surface area contributed by atoms with Crippen molar-refractivity contribution < 1.29 is 13.2 Å². The van der Waals surface area contributed by atoms with E-state index in [1.54, 1.807) is 6.07 Å². The van der Waals surface area contributed by atoms with Gasteiger partial charge in [-0.25, -0.2) is 8.42 Å². The fraction of sp³-hybridized carbons (Fsp3) is 0.571. The van der Waals surface area contributed by atoms with E-state index < -0.39 is 10.0 Å². The van der Waals surface area contributed by atoms with E-state index in [1.807, 2.05) is 6.92 Å². The predicted octanol–water partition coefficient (Wildman–Crippen LogP) is 2.20. The molecule has 2 unspecified atom stereocenters. The molecule has 2 atom stereocenters. The number of sulfonamides is 1. The molecule has 1 fully saturated rings. The Labute approximate surface area is 142 Å². The number of hydrogen-bond donors (Lipinski definition) is 1. The van der Waals surface area contributed by atoms with Gasteiger partial charge >= 0.3 is 0 Å². The van der Waals surface area contributed by atoms with Crippen molar-refractivity contribution in [1.82, 2.24) is 4.31 Å². The summed E-state index contributed by atoms with van der Waals surface area (Å²) in [6.45, 7) is 2.80. The predicted molar refractivity (Wildman–Crippen MR) is 88.5 cm³/mol. The van der Waals surface area contributed by atoms with E-state index in [1.165, 1.54) is 10.4 Å². The number of hydrogen-bond acceptors (Lipinski definition) is 4. The van der Waals surface area contributed by atoms with Gasteiger partial charge in [-0.1, -0.05) is 11.6 Å². The number of nitrogens with two attached hydrogens (primary N) is 1. The van der Waals surface area contributed by atoms with Crippen LogP contribution in [0.4, 0.5) is 0 Å². The Kier molecular flexibility index (Phi) is 5.29. The summed E-state index contributed by atoms with van der Waals surface area (Å²) in [7, 11) is -3.55. The summed E-state index contributed by atoms with van der Waals surface area (Å²) in [5, 5.41) is 0.360. The maximum absolute atomic E-state index is 12.8. The monoisotopic (exact) mass is 366 g/mol. The molecule has 0 bridgehead atoms. The van der Waals surface area contributed by atoms with Crippen LogP contribution in [-0.4, -0.2) is 38.0 Å². The summed E-state index contributed by atoms with van der Waals surface area (Å²) in [5.41, 5.74) is 6.54. The molecular formula is C14H20Cl2N2O3S. The second-order valence-corrected chi connectivity index (χ2v) is 7.97. The molecule has 2 N–H and O–H groups in total. The van der Waals surface area contributed by atoms with E-state index in [-0.39, 0.29) is 29.4 Å². The largest absolute Gasteiger partial charge is 0.489 e. The second kappa shape index (κ2) is 6.53. The Bertz CT molecular complexity index is 666. The van der Waals surface area contributed by atoms with Crippen molar-refractivity contribution in [2.45, 2.75) is 43.2 Å². The number of halogens is 2. The second-order valence-electron chi connectivity index (χ2n) is 5.67. The molecule has 1 aromatic rings. The lowest BCUT2D eigenvalue weighted by Crippen LogP contribution is -2.39. The van der Waals surface area contributed by atoms with Gasteiger partial charge < -0.3 is 10.5 Å². The maximum Gasteiger partial charge on any atom is 0.243 e. The Balaban J connectivity index is 0.00000176. The van der Waals surface area contributed by atoms with Gasteiger partial charge in [-0.3, -0.25) is 0 Å². The summed E-state index contributed by atoms with van der Waals surface area (Å²) in [6, 6.07) is 3.06. The van der Waals surface area contributed by atoms with E-state index in [2.05, 4.69) is 0 Å². The van der Waals surface area contributed by atoms with Crippen LogP contribution in [0.3, 0.4) is 0 Å². The smallest absolute Gasteiger partial charge is 0.243 e. The van der Waals surface area contributed by atoms with Crippen molar-refractivity contribution in [2.24, 2.45) is 5.73 Å². The average Bonchev–Trinajstić information content (AvgIpc) is 3.04. The van der Waals surface area contributed by atoms with Gasteiger partial charge in [-0.15, -0.1) is 12.4 Å². The average molecular weight is 367 g/mol. The topological polar surface area (TPSA) is 72.6 Å². The van der Waals surface area contributed by atoms with Gasteiger partial charge in [0.25, 0.3) is 0 Å². The van der Waals surface area contributed by atoms with E-state index in [4.69, 9.17) is 22.1 Å². The van der Waals surface area contributed by atoms with Crippen LogP contribution in [-0.2, 0) is 16.4 Å². The molecule has 2 heterocycles. The van der Waals surface area contributed by atoms with Gasteiger partial charge in [0, 0.05) is 31.1 Å². The summed E-state index contributed by atoms with van der Waals surface area (Å²) >= 11 is 6.19. The van der Waals surface area contributed by atoms with Crippen LogP contribution in [0.5, 0.6) is 5.75 Å². The lowest BCUT2D eigenvalue weighted by Gasteiger charge is -2.23. The lowest BCUT2D eigenvalue weighted by atomic mass is 10.1. The van der Waals surface area contributed by atoms with Gasteiger partial charge in [0.1, 0.15) is 11.9 Å². The zero-order valence-corrected chi connectivity index (χ0v) is 14.7. The molecule has 1 saturated heterocycles. The molecule has 1 aromatic carbocycles. The Morgan fingerprint density at radius 2 is 2.18 bits per heavy atom. The van der Waals surface area contributed by atoms with Crippen LogP contribution in [0, 0.1) is 0 Å². The molecule has 2 aliphatic heterocycles. The molecule has 0 radical (unpaired) electrons. The van der Waals surface area contributed by atoms with E-state index in [0.717, 1.165) is 18.4 Å². The van der Waals surface area contributed by atoms with Gasteiger partial charge in [0.05, 0.1) is 9.92 Å². The first-order chi connectivity index (χ1) is 9.93. The van der Waals surface area contributed by atoms with Crippen LogP contribution in [0.25, 0.3) is 0 Å². The maximum atomic E-state index is 12.8. The van der Waals surface area contributed by atoms with Crippen LogP contribution >= 0.6 is 24.0 Å². The van der Waals surface area contributed by atoms with Crippen molar-refractivity contribution in [3.63, 3.8) is 0 Å². The summed E-state index contributed by atoms with van der Waals surface area (Å²) < 4.78 is 32.7. The Hall–Kier alpha value is -0.530. The molecule has 3 rings (SSSR count). The van der Waals surface area contributed by atoms with Gasteiger partial charge in [0.15, 0.2) is 0 Å². The standard InChI is InChI=1S/C14H19ClN2O3S.ClH/c1-9-5-10-6-12(7-13(15)14(10)20-9)21(18,19)17-4-2-3-11(17)8-16;/h6-7,9,11H,2-5,8,16H2,1H3;1H. The zero-order chi connectivity index (χ0) is 15.2. The molecule has 0 spiro atoms. The first kappa shape index (κ1) is 17.8. The third-order valence-electron chi connectivity index (χ3n) is 4.12. The van der Waals surface area contributed by atoms with Crippen LogP contribution < -0.4 is 10.5 Å². The highest BCUT2D eigenvalue weighted by Crippen LogP contribution is 2.39. The first-order valence-corrected chi connectivity index (χ1v) is 8.96. The molecule has 0 amide bonds. The minimum absolute atomic E-state index is 0. The van der Waals surface area contributed by atoms with Crippen molar-refractivity contribution in [1.29, 1.82) is 0 Å². The van der Waals surface area contributed by atoms with E-state index in [9.17, 15) is 8.42 Å². The molecular weight excluding hydrogens is 347 g/mol. The number of ether oxygens (including phenoxy) is 1. The van der Waals surface area contributed by atoms with Crippen molar-refractivity contribution >= 4 is 34.0 Å². The van der Waals surface area contributed by atoms with Crippen molar-refractivity contribution in [3.8, 4) is 5.75 Å². The van der Waals surface area contributed by atoms with E-state index in [0.29, 0.717) is 30.3 Å². The quantitative estimate of drug-likeness (QED) is 0.889. The normalized spacial score (nSPS) is 24.7. The van der Waals surface area contributed by atoms with Crippen molar-refractivity contribution in [3.05, 3.63) is 22.7 Å². The number of nitrogens with zero attached hydrogens (tertiary/aromatic N) is 1. The third-order valence-corrected chi connectivity index (χ3v) is 6.33. The number of rotatable bonds is 3. The summed E-state index contributed by atoms with van der Waals surface area (Å²) in [4.78, 5) is 0.240. The Morgan fingerprint density at radius 3 is 2.86 bits per heavy atom. The molecule has 22 heavy (non-hydrogen) atoms. The minimum Gasteiger partial charge on any atom is -0.489 e. The molecule has 5 nitrogen and oxygen atoms in total. The third kappa shape index (κ3) is 2.95. The summed E-state index contributed by atoms with van der Waals surface area (Å²) in [6.07, 6.45) is 2.37. The summed E-state index contributed by atoms with van der Waals surface area (Å²) in [5.74, 6) is 0.611. The number of fused-ring (bicyclic) bond motifs is 1. The fourth-order valence-electron chi connectivity index (χ4n) is 3.10. The SMILES string of the molecule is CC1Cc2cc(S(=O)(=O)N3CCCC3CN)cc(Cl)c2O1.Cl. The molecule has 0 saturated carbocycles. The van der Waals surface area contributed by atoms with Crippen LogP contribution in [0.2, 0.25) is 5.02 Å². The molecule has 2 aliphatic rings.